The van der Waals surface area contributed by atoms with E-state index < -0.39 is 0 Å². The summed E-state index contributed by atoms with van der Waals surface area (Å²) in [5.41, 5.74) is 2.50. The molecule has 0 saturated heterocycles. The molecule has 4 heteroatoms. The molecular formula is C20H34N3O+. The Balaban J connectivity index is 1.85. The molecule has 2 rings (SSSR count). The van der Waals surface area contributed by atoms with E-state index in [1.165, 1.54) is 35.4 Å². The topological polar surface area (TPSA) is 36.8 Å². The van der Waals surface area contributed by atoms with Gasteiger partial charge < -0.3 is 15.1 Å². The lowest BCUT2D eigenvalue weighted by Gasteiger charge is -2.30. The fraction of sp³-hybridized carbons (Fsp3) is 0.650. The largest absolute Gasteiger partial charge is 0.378 e. The van der Waals surface area contributed by atoms with E-state index in [-0.39, 0.29) is 5.91 Å². The summed E-state index contributed by atoms with van der Waals surface area (Å²) < 4.78 is 0. The Morgan fingerprint density at radius 2 is 1.88 bits per heavy atom. The molecule has 0 heterocycles. The van der Waals surface area contributed by atoms with Gasteiger partial charge in [0.05, 0.1) is 6.54 Å². The standard InChI is InChI=1S/C20H33N3O/c1-5-23(14-17-10-12-18(13-11-17)22(3)4)15-20(24)21-19-9-7-6-8-16(19)2/h10-13,16,19H,5-9,14-15H2,1-4H3,(H,21,24)/p+1/t16-,19-/m0/s1. The molecule has 0 aliphatic heterocycles. The van der Waals surface area contributed by atoms with Gasteiger partial charge in [-0.3, -0.25) is 4.79 Å². The number of carbonyl (C=O) groups excluding carboxylic acids is 1. The fourth-order valence-corrected chi connectivity index (χ4v) is 3.53. The van der Waals surface area contributed by atoms with Crippen LogP contribution in [0.2, 0.25) is 0 Å². The number of benzene rings is 1. The van der Waals surface area contributed by atoms with Crippen LogP contribution in [-0.4, -0.2) is 39.1 Å². The van der Waals surface area contributed by atoms with E-state index in [4.69, 9.17) is 0 Å². The zero-order chi connectivity index (χ0) is 17.5. The summed E-state index contributed by atoms with van der Waals surface area (Å²) >= 11 is 0. The summed E-state index contributed by atoms with van der Waals surface area (Å²) in [6, 6.07) is 9.01. The molecule has 1 fully saturated rings. The van der Waals surface area contributed by atoms with Gasteiger partial charge in [0.25, 0.3) is 5.91 Å². The lowest BCUT2D eigenvalue weighted by Crippen LogP contribution is -3.11. The average molecular weight is 333 g/mol. The van der Waals surface area contributed by atoms with Crippen LogP contribution in [0.3, 0.4) is 0 Å². The zero-order valence-electron chi connectivity index (χ0n) is 15.8. The summed E-state index contributed by atoms with van der Waals surface area (Å²) in [6.07, 6.45) is 4.94. The summed E-state index contributed by atoms with van der Waals surface area (Å²) in [7, 11) is 4.10. The van der Waals surface area contributed by atoms with Crippen molar-refractivity contribution in [2.45, 2.75) is 52.1 Å². The molecule has 4 nitrogen and oxygen atoms in total. The van der Waals surface area contributed by atoms with E-state index in [2.05, 4.69) is 62.4 Å². The SMILES string of the molecule is CC[NH+](CC(=O)N[C@H]1CCCC[C@@H]1C)Cc1ccc(N(C)C)cc1. The molecule has 0 radical (unpaired) electrons. The van der Waals surface area contributed by atoms with Gasteiger partial charge in [-0.15, -0.1) is 0 Å². The first-order chi connectivity index (χ1) is 11.5. The molecule has 2 N–H and O–H groups in total. The highest BCUT2D eigenvalue weighted by Crippen LogP contribution is 2.23. The summed E-state index contributed by atoms with van der Waals surface area (Å²) in [6.45, 7) is 6.84. The number of carbonyl (C=O) groups is 1. The van der Waals surface area contributed by atoms with Gasteiger partial charge in [-0.05, 0) is 37.8 Å². The predicted octanol–water partition coefficient (Wildman–Crippen LogP) is 1.85. The van der Waals surface area contributed by atoms with Crippen molar-refractivity contribution in [2.24, 2.45) is 5.92 Å². The van der Waals surface area contributed by atoms with Crippen molar-refractivity contribution in [1.82, 2.24) is 5.32 Å². The van der Waals surface area contributed by atoms with E-state index in [1.807, 2.05) is 0 Å². The number of rotatable bonds is 7. The number of nitrogens with one attached hydrogen (secondary N) is 2. The van der Waals surface area contributed by atoms with Crippen LogP contribution in [-0.2, 0) is 11.3 Å². The average Bonchev–Trinajstić information content (AvgIpc) is 2.56. The lowest BCUT2D eigenvalue weighted by atomic mass is 9.86. The smallest absolute Gasteiger partial charge is 0.275 e. The van der Waals surface area contributed by atoms with Crippen LogP contribution in [0, 0.1) is 5.92 Å². The third-order valence-corrected chi connectivity index (χ3v) is 5.28. The maximum absolute atomic E-state index is 12.4. The molecule has 134 valence electrons. The van der Waals surface area contributed by atoms with Crippen LogP contribution >= 0.6 is 0 Å². The number of likely N-dealkylation sites (N-methyl/N-ethyl adjacent to an activating group) is 1. The van der Waals surface area contributed by atoms with Crippen molar-refractivity contribution in [3.63, 3.8) is 0 Å². The molecule has 1 amide bonds. The van der Waals surface area contributed by atoms with Crippen LogP contribution in [0.15, 0.2) is 24.3 Å². The molecule has 0 spiro atoms. The minimum atomic E-state index is 0.204. The number of nitrogens with zero attached hydrogens (tertiary/aromatic N) is 1. The zero-order valence-corrected chi connectivity index (χ0v) is 15.8. The minimum Gasteiger partial charge on any atom is -0.378 e. The van der Waals surface area contributed by atoms with E-state index >= 15 is 0 Å². The fourth-order valence-electron chi connectivity index (χ4n) is 3.53. The summed E-state index contributed by atoms with van der Waals surface area (Å²) in [4.78, 5) is 15.8. The second kappa shape index (κ2) is 9.07. The molecule has 0 bridgehead atoms. The number of anilines is 1. The first kappa shape index (κ1) is 18.8. The second-order valence-electron chi connectivity index (χ2n) is 7.45. The Hall–Kier alpha value is -1.55. The van der Waals surface area contributed by atoms with Gasteiger partial charge in [-0.1, -0.05) is 31.9 Å². The molecule has 3 atom stereocenters. The summed E-state index contributed by atoms with van der Waals surface area (Å²) in [5, 5.41) is 3.28. The van der Waals surface area contributed by atoms with E-state index in [1.54, 1.807) is 0 Å². The van der Waals surface area contributed by atoms with Crippen LogP contribution in [0.5, 0.6) is 0 Å². The highest BCUT2D eigenvalue weighted by atomic mass is 16.2. The summed E-state index contributed by atoms with van der Waals surface area (Å²) in [5.74, 6) is 0.821. The van der Waals surface area contributed by atoms with Gasteiger partial charge in [0, 0.05) is 31.4 Å². The van der Waals surface area contributed by atoms with Gasteiger partial charge in [0.1, 0.15) is 6.54 Å². The van der Waals surface area contributed by atoms with Crippen LogP contribution < -0.4 is 15.1 Å². The molecular weight excluding hydrogens is 298 g/mol. The Kier molecular flexibility index (Phi) is 7.10. The van der Waals surface area contributed by atoms with Crippen molar-refractivity contribution in [3.05, 3.63) is 29.8 Å². The third-order valence-electron chi connectivity index (χ3n) is 5.28. The molecule has 1 aliphatic rings. The van der Waals surface area contributed by atoms with Crippen molar-refractivity contribution in [3.8, 4) is 0 Å². The number of amides is 1. The molecule has 1 aliphatic carbocycles. The minimum absolute atomic E-state index is 0.204. The Morgan fingerprint density at radius 1 is 1.21 bits per heavy atom. The van der Waals surface area contributed by atoms with Gasteiger partial charge in [-0.25, -0.2) is 0 Å². The lowest BCUT2D eigenvalue weighted by molar-refractivity contribution is -0.904. The molecule has 1 saturated carbocycles. The third kappa shape index (κ3) is 5.52. The molecule has 1 unspecified atom stereocenters. The van der Waals surface area contributed by atoms with Crippen molar-refractivity contribution in [1.29, 1.82) is 0 Å². The van der Waals surface area contributed by atoms with Crippen molar-refractivity contribution >= 4 is 11.6 Å². The Bertz CT molecular complexity index is 512. The Labute approximate surface area is 147 Å². The van der Waals surface area contributed by atoms with Crippen molar-refractivity contribution < 1.29 is 9.69 Å². The van der Waals surface area contributed by atoms with Crippen molar-refractivity contribution in [2.75, 3.05) is 32.1 Å². The monoisotopic (exact) mass is 332 g/mol. The van der Waals surface area contributed by atoms with Crippen LogP contribution in [0.25, 0.3) is 0 Å². The number of quaternary nitrogens is 1. The van der Waals surface area contributed by atoms with Gasteiger partial charge in [0.2, 0.25) is 0 Å². The predicted molar refractivity (Wildman–Crippen MR) is 100 cm³/mol. The number of hydrogen-bond acceptors (Lipinski definition) is 2. The van der Waals surface area contributed by atoms with E-state index in [0.29, 0.717) is 18.5 Å². The highest BCUT2D eigenvalue weighted by Gasteiger charge is 2.24. The van der Waals surface area contributed by atoms with Crippen LogP contribution in [0.4, 0.5) is 5.69 Å². The molecule has 0 aromatic heterocycles. The molecule has 1 aromatic carbocycles. The number of hydrogen-bond donors (Lipinski definition) is 2. The van der Waals surface area contributed by atoms with Gasteiger partial charge >= 0.3 is 0 Å². The molecule has 1 aromatic rings. The van der Waals surface area contributed by atoms with Crippen LogP contribution in [0.1, 0.15) is 45.1 Å². The highest BCUT2D eigenvalue weighted by molar-refractivity contribution is 5.77. The first-order valence-electron chi connectivity index (χ1n) is 9.38. The maximum atomic E-state index is 12.4. The van der Waals surface area contributed by atoms with E-state index in [9.17, 15) is 4.79 Å². The Morgan fingerprint density at radius 3 is 2.46 bits per heavy atom. The first-order valence-corrected chi connectivity index (χ1v) is 9.38. The molecule has 24 heavy (non-hydrogen) atoms. The van der Waals surface area contributed by atoms with E-state index in [0.717, 1.165) is 19.5 Å². The second-order valence-corrected chi connectivity index (χ2v) is 7.45. The quantitative estimate of drug-likeness (QED) is 0.800. The van der Waals surface area contributed by atoms with Gasteiger partial charge in [0.15, 0.2) is 6.54 Å². The van der Waals surface area contributed by atoms with Gasteiger partial charge in [-0.2, -0.15) is 0 Å². The maximum Gasteiger partial charge on any atom is 0.275 e. The normalized spacial score (nSPS) is 22.0.